The normalized spacial score (nSPS) is 16.2. The van der Waals surface area contributed by atoms with Gasteiger partial charge in [-0.05, 0) is 70.3 Å². The molecule has 6 rings (SSSR count). The first-order valence-corrected chi connectivity index (χ1v) is 17.0. The molecule has 13 heteroatoms. The van der Waals surface area contributed by atoms with Gasteiger partial charge in [0.1, 0.15) is 0 Å². The van der Waals surface area contributed by atoms with E-state index in [9.17, 15) is 31.2 Å². The molecular formula is C34H29F3N4O4S2. The Morgan fingerprint density at radius 1 is 0.957 bits per heavy atom. The fourth-order valence-electron chi connectivity index (χ4n) is 5.63. The Labute approximate surface area is 274 Å². The summed E-state index contributed by atoms with van der Waals surface area (Å²) in [6.07, 6.45) is -4.90. The molecule has 0 bridgehead atoms. The van der Waals surface area contributed by atoms with E-state index in [0.29, 0.717) is 29.4 Å². The van der Waals surface area contributed by atoms with Gasteiger partial charge in [0.05, 0.1) is 22.6 Å². The molecule has 0 saturated heterocycles. The first-order valence-electron chi connectivity index (χ1n) is 14.5. The van der Waals surface area contributed by atoms with Gasteiger partial charge in [0.15, 0.2) is 5.17 Å². The maximum absolute atomic E-state index is 12.9. The highest BCUT2D eigenvalue weighted by atomic mass is 32.2. The summed E-state index contributed by atoms with van der Waals surface area (Å²) in [6.45, 7) is 0.517. The lowest BCUT2D eigenvalue weighted by Crippen LogP contribution is -2.31. The molecule has 2 amide bonds. The van der Waals surface area contributed by atoms with Crippen LogP contribution in [-0.2, 0) is 32.2 Å². The molecule has 0 aromatic heterocycles. The quantitative estimate of drug-likeness (QED) is 0.254. The molecule has 2 aliphatic rings. The van der Waals surface area contributed by atoms with Crippen molar-refractivity contribution in [1.82, 2.24) is 4.72 Å². The maximum Gasteiger partial charge on any atom is 0.416 e. The van der Waals surface area contributed by atoms with Crippen molar-refractivity contribution in [2.45, 2.75) is 23.4 Å². The van der Waals surface area contributed by atoms with Crippen LogP contribution in [0.2, 0.25) is 0 Å². The van der Waals surface area contributed by atoms with Gasteiger partial charge in [-0.25, -0.2) is 13.1 Å². The molecular weight excluding hydrogens is 650 g/mol. The van der Waals surface area contributed by atoms with Gasteiger partial charge in [-0.2, -0.15) is 18.2 Å². The number of alkyl halides is 3. The lowest BCUT2D eigenvalue weighted by molar-refractivity contribution is -0.137. The number of amidine groups is 1. The third kappa shape index (κ3) is 6.91. The van der Waals surface area contributed by atoms with E-state index in [1.807, 2.05) is 40.7 Å². The first-order chi connectivity index (χ1) is 22.3. The van der Waals surface area contributed by atoms with Crippen LogP contribution in [0.15, 0.2) is 101 Å². The minimum atomic E-state index is -4.62. The molecule has 0 saturated carbocycles. The van der Waals surface area contributed by atoms with E-state index in [-0.39, 0.29) is 24.0 Å². The topological polar surface area (TPSA) is 99.1 Å². The second-order valence-corrected chi connectivity index (χ2v) is 14.0. The zero-order valence-electron chi connectivity index (χ0n) is 25.3. The third-order valence-electron chi connectivity index (χ3n) is 8.03. The van der Waals surface area contributed by atoms with Crippen LogP contribution in [0, 0.1) is 0 Å². The molecule has 242 valence electrons. The van der Waals surface area contributed by atoms with Gasteiger partial charge in [0, 0.05) is 37.9 Å². The largest absolute Gasteiger partial charge is 0.416 e. The van der Waals surface area contributed by atoms with Gasteiger partial charge >= 0.3 is 6.18 Å². The standard InChI is InChI=1S/C34H29F3N4O4S2/c1-40(2)26-12-8-23(9-13-26)22-4-6-24(7-5-22)29-19-41(33-38-32(43)20-46-33)30-16-3-21(17-28(29)30)18-31(42)39-47(44,45)27-14-10-25(11-15-27)34(35,36)37/h3-17,29H,18-20H2,1-2H3,(H,39,42). The molecule has 4 aromatic carbocycles. The number of sulfonamides is 1. The van der Waals surface area contributed by atoms with Gasteiger partial charge in [-0.15, -0.1) is 0 Å². The highest BCUT2D eigenvalue weighted by Gasteiger charge is 2.35. The molecule has 0 radical (unpaired) electrons. The molecule has 4 aromatic rings. The van der Waals surface area contributed by atoms with Crippen LogP contribution in [0.25, 0.3) is 11.1 Å². The number of hydrogen-bond donors (Lipinski definition) is 1. The maximum atomic E-state index is 12.9. The zero-order valence-corrected chi connectivity index (χ0v) is 26.9. The molecule has 1 atom stereocenters. The van der Waals surface area contributed by atoms with Crippen molar-refractivity contribution < 1.29 is 31.2 Å². The van der Waals surface area contributed by atoms with Crippen LogP contribution >= 0.6 is 11.8 Å². The molecule has 0 fully saturated rings. The third-order valence-corrected chi connectivity index (χ3v) is 10.4. The molecule has 2 aliphatic heterocycles. The van der Waals surface area contributed by atoms with Gasteiger partial charge < -0.3 is 9.80 Å². The van der Waals surface area contributed by atoms with Crippen molar-refractivity contribution in [3.05, 3.63) is 113 Å². The number of rotatable bonds is 7. The van der Waals surface area contributed by atoms with Gasteiger partial charge in [-0.1, -0.05) is 60.3 Å². The monoisotopic (exact) mass is 678 g/mol. The van der Waals surface area contributed by atoms with E-state index >= 15 is 0 Å². The Morgan fingerprint density at radius 3 is 2.17 bits per heavy atom. The highest BCUT2D eigenvalue weighted by molar-refractivity contribution is 8.15. The fourth-order valence-corrected chi connectivity index (χ4v) is 7.43. The molecule has 2 heterocycles. The smallest absolute Gasteiger partial charge is 0.378 e. The number of anilines is 2. The second-order valence-electron chi connectivity index (χ2n) is 11.4. The van der Waals surface area contributed by atoms with Crippen molar-refractivity contribution >= 4 is 50.1 Å². The van der Waals surface area contributed by atoms with E-state index in [0.717, 1.165) is 45.8 Å². The minimum absolute atomic E-state index is 0.131. The van der Waals surface area contributed by atoms with Crippen LogP contribution < -0.4 is 14.5 Å². The van der Waals surface area contributed by atoms with Gasteiger partial charge in [0.25, 0.3) is 15.9 Å². The minimum Gasteiger partial charge on any atom is -0.378 e. The number of hydrogen-bond acceptors (Lipinski definition) is 7. The highest BCUT2D eigenvalue weighted by Crippen LogP contribution is 2.43. The summed E-state index contributed by atoms with van der Waals surface area (Å²) in [7, 11) is -0.419. The summed E-state index contributed by atoms with van der Waals surface area (Å²) in [5, 5.41) is 0.601. The number of halogens is 3. The lowest BCUT2D eigenvalue weighted by atomic mass is 9.90. The Bertz CT molecular complexity index is 1980. The van der Waals surface area contributed by atoms with Crippen molar-refractivity contribution in [2.75, 3.05) is 36.2 Å². The van der Waals surface area contributed by atoms with Crippen molar-refractivity contribution in [3.63, 3.8) is 0 Å². The number of nitrogens with zero attached hydrogens (tertiary/aromatic N) is 3. The molecule has 47 heavy (non-hydrogen) atoms. The summed E-state index contributed by atoms with van der Waals surface area (Å²) in [6, 6.07) is 24.8. The molecule has 1 N–H and O–H groups in total. The van der Waals surface area contributed by atoms with Gasteiger partial charge in [-0.3, -0.25) is 9.59 Å². The molecule has 1 unspecified atom stereocenters. The number of thioether (sulfide) groups is 1. The molecule has 0 aliphatic carbocycles. The second kappa shape index (κ2) is 12.5. The van der Waals surface area contributed by atoms with Gasteiger partial charge in [0.2, 0.25) is 5.91 Å². The van der Waals surface area contributed by atoms with E-state index in [1.165, 1.54) is 11.8 Å². The Balaban J connectivity index is 1.24. The summed E-state index contributed by atoms with van der Waals surface area (Å²) >= 11 is 1.36. The zero-order chi connectivity index (χ0) is 33.5. The summed E-state index contributed by atoms with van der Waals surface area (Å²) in [4.78, 5) is 32.6. The molecule has 0 spiro atoms. The molecule has 8 nitrogen and oxygen atoms in total. The Kier molecular flexibility index (Phi) is 8.62. The summed E-state index contributed by atoms with van der Waals surface area (Å²) in [5.74, 6) is -0.906. The van der Waals surface area contributed by atoms with Crippen LogP contribution in [0.1, 0.15) is 28.2 Å². The Morgan fingerprint density at radius 2 is 1.60 bits per heavy atom. The van der Waals surface area contributed by atoms with Crippen LogP contribution in [-0.4, -0.2) is 51.8 Å². The lowest BCUT2D eigenvalue weighted by Gasteiger charge is -2.18. The van der Waals surface area contributed by atoms with Crippen molar-refractivity contribution in [3.8, 4) is 11.1 Å². The first kappa shape index (κ1) is 32.3. The number of carbonyl (C=O) groups is 2. The van der Waals surface area contributed by atoms with Crippen LogP contribution in [0.5, 0.6) is 0 Å². The number of benzene rings is 4. The predicted octanol–water partition coefficient (Wildman–Crippen LogP) is 6.07. The van der Waals surface area contributed by atoms with E-state index in [2.05, 4.69) is 53.5 Å². The number of aliphatic imine (C=N–C) groups is 1. The number of carbonyl (C=O) groups excluding carboxylic acids is 2. The van der Waals surface area contributed by atoms with E-state index in [4.69, 9.17) is 0 Å². The number of amides is 2. The van der Waals surface area contributed by atoms with Crippen LogP contribution in [0.4, 0.5) is 24.5 Å². The SMILES string of the molecule is CN(C)c1ccc(-c2ccc(C3CN(C4=NC(=O)CS4)c4ccc(CC(=O)NS(=O)(=O)c5ccc(C(F)(F)F)cc5)cc43)cc2)cc1. The fraction of sp³-hybridized carbons (Fsp3) is 0.206. The average molecular weight is 679 g/mol. The average Bonchev–Trinajstić information content (AvgIpc) is 3.63. The van der Waals surface area contributed by atoms with E-state index < -0.39 is 32.6 Å². The summed E-state index contributed by atoms with van der Waals surface area (Å²) in [5.41, 5.74) is 5.52. The van der Waals surface area contributed by atoms with Crippen molar-refractivity contribution in [2.24, 2.45) is 4.99 Å². The number of fused-ring (bicyclic) bond motifs is 1. The predicted molar refractivity (Wildman–Crippen MR) is 177 cm³/mol. The van der Waals surface area contributed by atoms with E-state index in [1.54, 1.807) is 6.07 Å². The van der Waals surface area contributed by atoms with Crippen molar-refractivity contribution in [1.29, 1.82) is 0 Å². The summed E-state index contributed by atoms with van der Waals surface area (Å²) < 4.78 is 66.2. The van der Waals surface area contributed by atoms with Crippen LogP contribution in [0.3, 0.4) is 0 Å². The number of nitrogens with one attached hydrogen (secondary N) is 1. The Hall–Kier alpha value is -4.62.